The van der Waals surface area contributed by atoms with Crippen LogP contribution in [0.1, 0.15) is 62.8 Å². The van der Waals surface area contributed by atoms with Gasteiger partial charge in [-0.05, 0) is 94.5 Å². The van der Waals surface area contributed by atoms with E-state index in [-0.39, 0.29) is 36.5 Å². The first kappa shape index (κ1) is 44.3. The van der Waals surface area contributed by atoms with E-state index in [0.29, 0.717) is 35.5 Å². The van der Waals surface area contributed by atoms with Gasteiger partial charge in [-0.25, -0.2) is 18.6 Å². The maximum absolute atomic E-state index is 17.5. The normalized spacial score (nSPS) is 19.3. The Morgan fingerprint density at radius 1 is 0.906 bits per heavy atom. The fourth-order valence-electron chi connectivity index (χ4n) is 9.02. The number of hydrogen-bond acceptors (Lipinski definition) is 11. The number of ether oxygens (including phenoxy) is 5. The number of benzene rings is 3. The first-order chi connectivity index (χ1) is 30.3. The van der Waals surface area contributed by atoms with Crippen molar-refractivity contribution in [2.45, 2.75) is 103 Å². The van der Waals surface area contributed by atoms with E-state index in [1.165, 1.54) is 19.1 Å². The highest BCUT2D eigenvalue weighted by molar-refractivity contribution is 5.98. The van der Waals surface area contributed by atoms with Crippen LogP contribution < -0.4 is 28.7 Å². The van der Waals surface area contributed by atoms with E-state index >= 15 is 22.0 Å². The van der Waals surface area contributed by atoms with E-state index in [1.54, 1.807) is 86.0 Å². The number of anilines is 2. The van der Waals surface area contributed by atoms with Crippen LogP contribution in [-0.4, -0.2) is 83.2 Å². The summed E-state index contributed by atoms with van der Waals surface area (Å²) in [5, 5.41) is -0.212. The molecule has 340 valence electrons. The van der Waals surface area contributed by atoms with E-state index in [1.807, 2.05) is 0 Å². The Morgan fingerprint density at radius 2 is 1.52 bits per heavy atom. The molecule has 0 N–H and O–H groups in total. The molecular formula is C45H45F7N6O6. The molecule has 1 amide bonds. The number of carbonyl (C=O) groups excluding carboxylic acids is 1. The van der Waals surface area contributed by atoms with E-state index in [4.69, 9.17) is 18.9 Å². The van der Waals surface area contributed by atoms with Gasteiger partial charge in [0.2, 0.25) is 5.88 Å². The quantitative estimate of drug-likeness (QED) is 0.125. The van der Waals surface area contributed by atoms with E-state index in [9.17, 15) is 13.6 Å². The van der Waals surface area contributed by atoms with E-state index < -0.39 is 100 Å². The standard InChI is InChI=1S/C45H45F7N6O6/c1-22-33(45(50,51)52)29(18-31(34(22)46)56(19-24-8-13-27(60-6)14-9-24)20-25-10-15-28(61-7)16-11-25)36-35(47)37-32-39(55-42(54-37)63-41(48)49)57-21-26-12-17-30(38(57)23(2)62-40(32)53-36)58(26)43(59)64-44(3,4)5/h8-11,13-16,18,23,26,30,38,41H,12,17,19-21H2,1-7H3/t23-,26+,30-,38+/m0/s1. The van der Waals surface area contributed by atoms with Gasteiger partial charge in [-0.2, -0.15) is 31.9 Å². The number of aromatic nitrogens is 3. The average Bonchev–Trinajstić information content (AvgIpc) is 3.48. The van der Waals surface area contributed by atoms with Crippen molar-refractivity contribution in [1.82, 2.24) is 19.9 Å². The van der Waals surface area contributed by atoms with Gasteiger partial charge in [-0.3, -0.25) is 4.90 Å². The number of amides is 1. The van der Waals surface area contributed by atoms with Gasteiger partial charge < -0.3 is 33.5 Å². The van der Waals surface area contributed by atoms with Gasteiger partial charge in [-0.1, -0.05) is 24.3 Å². The lowest BCUT2D eigenvalue weighted by atomic mass is 9.95. The number of piperazine rings is 1. The number of pyridine rings is 1. The van der Waals surface area contributed by atoms with Crippen LogP contribution in [0.3, 0.4) is 0 Å². The predicted octanol–water partition coefficient (Wildman–Crippen LogP) is 9.86. The number of carbonyl (C=O) groups is 1. The second-order valence-corrected chi connectivity index (χ2v) is 17.0. The molecule has 8 rings (SSSR count). The van der Waals surface area contributed by atoms with Crippen LogP contribution in [0.15, 0.2) is 54.6 Å². The van der Waals surface area contributed by atoms with Gasteiger partial charge in [0, 0.05) is 25.2 Å². The average molecular weight is 899 g/mol. The Balaban J connectivity index is 1.32. The van der Waals surface area contributed by atoms with Gasteiger partial charge >= 0.3 is 24.9 Å². The summed E-state index contributed by atoms with van der Waals surface area (Å²) >= 11 is 0. The number of methoxy groups -OCH3 is 2. The molecule has 2 aromatic heterocycles. The Labute approximate surface area is 363 Å². The van der Waals surface area contributed by atoms with Crippen molar-refractivity contribution in [1.29, 1.82) is 0 Å². The Hall–Kier alpha value is -6.27. The summed E-state index contributed by atoms with van der Waals surface area (Å²) in [5.74, 6) is -2.13. The molecule has 0 saturated carbocycles. The van der Waals surface area contributed by atoms with Crippen molar-refractivity contribution >= 4 is 28.5 Å². The zero-order chi connectivity index (χ0) is 46.0. The molecule has 3 aliphatic rings. The number of alkyl halides is 5. The van der Waals surface area contributed by atoms with Crippen molar-refractivity contribution in [2.75, 3.05) is 30.6 Å². The molecule has 2 bridgehead atoms. The lowest BCUT2D eigenvalue weighted by Gasteiger charge is -2.48. The zero-order valence-corrected chi connectivity index (χ0v) is 35.9. The van der Waals surface area contributed by atoms with Gasteiger partial charge in [0.1, 0.15) is 51.4 Å². The van der Waals surface area contributed by atoms with Crippen LogP contribution >= 0.6 is 0 Å². The number of fused-ring (bicyclic) bond motifs is 5. The lowest BCUT2D eigenvalue weighted by Crippen LogP contribution is -2.65. The number of rotatable bonds is 10. The molecule has 2 fully saturated rings. The SMILES string of the molecule is COc1ccc(CN(Cc2ccc(OC)cc2)c2cc(-c3nc4c5c(nc(OC(F)F)nc5c3F)N3C[C@H]5CC[C@@H]([C@H]3[C@H](C)O4)N5C(=O)OC(C)(C)C)c(C(F)(F)F)c(C)c2F)cc1. The first-order valence-electron chi connectivity index (χ1n) is 20.5. The minimum absolute atomic E-state index is 0.0265. The molecule has 12 nitrogen and oxygen atoms in total. The van der Waals surface area contributed by atoms with E-state index in [2.05, 4.69) is 19.7 Å². The molecular weight excluding hydrogens is 854 g/mol. The summed E-state index contributed by atoms with van der Waals surface area (Å²) in [5.41, 5.74) is -4.78. The van der Waals surface area contributed by atoms with Crippen LogP contribution in [-0.2, 0) is 24.0 Å². The summed E-state index contributed by atoms with van der Waals surface area (Å²) in [4.78, 5) is 31.1. The molecule has 19 heteroatoms. The topological polar surface area (TPSA) is 112 Å². The van der Waals surface area contributed by atoms with Crippen LogP contribution in [0.2, 0.25) is 0 Å². The predicted molar refractivity (Wildman–Crippen MR) is 221 cm³/mol. The van der Waals surface area contributed by atoms with Crippen molar-refractivity contribution in [3.8, 4) is 34.6 Å². The highest BCUT2D eigenvalue weighted by atomic mass is 19.4. The maximum atomic E-state index is 17.5. The smallest absolute Gasteiger partial charge is 0.417 e. The summed E-state index contributed by atoms with van der Waals surface area (Å²) in [6.07, 6.45) is -5.73. The summed E-state index contributed by atoms with van der Waals surface area (Å²) in [6.45, 7) is 4.33. The fourth-order valence-corrected chi connectivity index (χ4v) is 9.02. The number of hydrogen-bond donors (Lipinski definition) is 0. The maximum Gasteiger partial charge on any atom is 0.417 e. The van der Waals surface area contributed by atoms with Gasteiger partial charge in [-0.15, -0.1) is 0 Å². The molecule has 0 aliphatic carbocycles. The fraction of sp³-hybridized carbons (Fsp3) is 0.422. The Morgan fingerprint density at radius 3 is 2.06 bits per heavy atom. The molecule has 3 aromatic carbocycles. The van der Waals surface area contributed by atoms with Crippen molar-refractivity contribution in [2.24, 2.45) is 0 Å². The summed E-state index contributed by atoms with van der Waals surface area (Å²) in [6, 6.07) is 11.7. The third-order valence-electron chi connectivity index (χ3n) is 11.7. The summed E-state index contributed by atoms with van der Waals surface area (Å²) < 4.78 is 135. The Kier molecular flexibility index (Phi) is 11.6. The molecule has 64 heavy (non-hydrogen) atoms. The molecule has 0 spiro atoms. The molecule has 2 saturated heterocycles. The third kappa shape index (κ3) is 8.31. The van der Waals surface area contributed by atoms with Gasteiger partial charge in [0.05, 0.1) is 43.6 Å². The molecule has 3 aliphatic heterocycles. The highest BCUT2D eigenvalue weighted by Gasteiger charge is 2.54. The largest absolute Gasteiger partial charge is 0.497 e. The molecule has 0 radical (unpaired) electrons. The van der Waals surface area contributed by atoms with E-state index in [0.717, 1.165) is 13.0 Å². The van der Waals surface area contributed by atoms with Crippen molar-refractivity contribution in [3.05, 3.63) is 88.5 Å². The van der Waals surface area contributed by atoms with Gasteiger partial charge in [0.15, 0.2) is 5.82 Å². The van der Waals surface area contributed by atoms with Crippen LogP contribution in [0, 0.1) is 18.6 Å². The zero-order valence-electron chi connectivity index (χ0n) is 35.9. The molecule has 4 atom stereocenters. The van der Waals surface area contributed by atoms with Crippen LogP contribution in [0.25, 0.3) is 22.2 Å². The second-order valence-electron chi connectivity index (χ2n) is 17.0. The summed E-state index contributed by atoms with van der Waals surface area (Å²) in [7, 11) is 2.98. The minimum Gasteiger partial charge on any atom is -0.497 e. The minimum atomic E-state index is -5.26. The van der Waals surface area contributed by atoms with Crippen LogP contribution in [0.4, 0.5) is 47.0 Å². The first-order valence-corrected chi connectivity index (χ1v) is 20.5. The molecule has 5 heterocycles. The lowest BCUT2D eigenvalue weighted by molar-refractivity contribution is -0.137. The number of nitrogens with zero attached hydrogens (tertiary/aromatic N) is 6. The van der Waals surface area contributed by atoms with Crippen LogP contribution in [0.5, 0.6) is 23.4 Å². The third-order valence-corrected chi connectivity index (χ3v) is 11.7. The number of halogens is 7. The highest BCUT2D eigenvalue weighted by Crippen LogP contribution is 2.49. The van der Waals surface area contributed by atoms with Gasteiger partial charge in [0.25, 0.3) is 0 Å². The molecule has 5 aromatic rings. The van der Waals surface area contributed by atoms with Crippen molar-refractivity contribution in [3.63, 3.8) is 0 Å². The Bertz CT molecular complexity index is 2530. The monoisotopic (exact) mass is 898 g/mol. The second kappa shape index (κ2) is 16.7. The van der Waals surface area contributed by atoms with Crippen molar-refractivity contribution < 1.29 is 59.2 Å². The molecule has 0 unspecified atom stereocenters.